The fourth-order valence-electron chi connectivity index (χ4n) is 3.19. The average Bonchev–Trinajstić information content (AvgIpc) is 3.35. The van der Waals surface area contributed by atoms with Gasteiger partial charge in [-0.3, -0.25) is 4.79 Å². The van der Waals surface area contributed by atoms with E-state index in [1.165, 1.54) is 12.3 Å². The number of benzene rings is 3. The molecule has 4 aromatic rings. The van der Waals surface area contributed by atoms with Crippen LogP contribution < -0.4 is 10.1 Å². The first kappa shape index (κ1) is 20.6. The standard InChI is InChI=1S/C26H18N2O4/c27-16-20(25(29)28-17-22-7-4-14-31-22)15-18-10-12-21(13-11-18)32-26(30)24-9-3-6-19-5-1-2-8-23(19)24/h1-15H,17H2,(H,28,29)/b20-15+. The van der Waals surface area contributed by atoms with Crippen LogP contribution in [0, 0.1) is 11.3 Å². The number of nitrogens with zero attached hydrogens (tertiary/aromatic N) is 1. The number of ether oxygens (including phenoxy) is 1. The number of furan rings is 1. The molecule has 0 spiro atoms. The van der Waals surface area contributed by atoms with Crippen molar-refractivity contribution in [3.05, 3.63) is 108 Å². The van der Waals surface area contributed by atoms with Gasteiger partial charge in [0.2, 0.25) is 0 Å². The molecular weight excluding hydrogens is 404 g/mol. The molecule has 0 fully saturated rings. The second-order valence-corrected chi connectivity index (χ2v) is 6.92. The Balaban J connectivity index is 1.44. The largest absolute Gasteiger partial charge is 0.467 e. The van der Waals surface area contributed by atoms with Crippen molar-refractivity contribution in [2.45, 2.75) is 6.54 Å². The lowest BCUT2D eigenvalue weighted by molar-refractivity contribution is -0.117. The highest BCUT2D eigenvalue weighted by Gasteiger charge is 2.13. The maximum atomic E-state index is 12.7. The molecule has 156 valence electrons. The Morgan fingerprint density at radius 2 is 1.75 bits per heavy atom. The smallest absolute Gasteiger partial charge is 0.344 e. The van der Waals surface area contributed by atoms with Crippen molar-refractivity contribution < 1.29 is 18.7 Å². The highest BCUT2D eigenvalue weighted by atomic mass is 16.5. The molecule has 0 aliphatic carbocycles. The summed E-state index contributed by atoms with van der Waals surface area (Å²) in [6, 6.07) is 25.0. The summed E-state index contributed by atoms with van der Waals surface area (Å²) in [4.78, 5) is 24.9. The predicted octanol–water partition coefficient (Wildman–Crippen LogP) is 4.88. The number of nitriles is 1. The van der Waals surface area contributed by atoms with E-state index < -0.39 is 11.9 Å². The first-order chi connectivity index (χ1) is 15.6. The molecular formula is C26H18N2O4. The number of fused-ring (bicyclic) bond motifs is 1. The minimum absolute atomic E-state index is 0.0444. The summed E-state index contributed by atoms with van der Waals surface area (Å²) < 4.78 is 10.7. The Morgan fingerprint density at radius 3 is 2.50 bits per heavy atom. The van der Waals surface area contributed by atoms with E-state index in [0.29, 0.717) is 22.6 Å². The molecule has 0 bridgehead atoms. The van der Waals surface area contributed by atoms with Crippen molar-refractivity contribution in [3.8, 4) is 11.8 Å². The summed E-state index contributed by atoms with van der Waals surface area (Å²) in [5.41, 5.74) is 1.06. The Labute approximate surface area is 184 Å². The van der Waals surface area contributed by atoms with E-state index >= 15 is 0 Å². The third-order valence-electron chi connectivity index (χ3n) is 4.78. The highest BCUT2D eigenvalue weighted by Crippen LogP contribution is 2.21. The summed E-state index contributed by atoms with van der Waals surface area (Å²) in [5.74, 6) is -0.00987. The zero-order chi connectivity index (χ0) is 22.3. The Bertz CT molecular complexity index is 1330. The molecule has 0 aliphatic heterocycles. The van der Waals surface area contributed by atoms with Crippen molar-refractivity contribution in [1.29, 1.82) is 5.26 Å². The third kappa shape index (κ3) is 4.74. The Hall–Kier alpha value is -4.63. The summed E-state index contributed by atoms with van der Waals surface area (Å²) in [7, 11) is 0. The molecule has 4 rings (SSSR count). The summed E-state index contributed by atoms with van der Waals surface area (Å²) in [6.07, 6.45) is 2.98. The predicted molar refractivity (Wildman–Crippen MR) is 119 cm³/mol. The average molecular weight is 422 g/mol. The summed E-state index contributed by atoms with van der Waals surface area (Å²) in [5, 5.41) is 13.7. The number of esters is 1. The van der Waals surface area contributed by atoms with E-state index in [1.54, 1.807) is 42.5 Å². The minimum Gasteiger partial charge on any atom is -0.467 e. The number of amides is 1. The topological polar surface area (TPSA) is 92.3 Å². The number of hydrogen-bond donors (Lipinski definition) is 1. The van der Waals surface area contributed by atoms with E-state index in [1.807, 2.05) is 42.5 Å². The van der Waals surface area contributed by atoms with Gasteiger partial charge in [0.1, 0.15) is 23.2 Å². The normalized spacial score (nSPS) is 11.0. The lowest BCUT2D eigenvalue weighted by atomic mass is 10.0. The maximum Gasteiger partial charge on any atom is 0.344 e. The second-order valence-electron chi connectivity index (χ2n) is 6.92. The lowest BCUT2D eigenvalue weighted by Gasteiger charge is -2.07. The maximum absolute atomic E-state index is 12.7. The van der Waals surface area contributed by atoms with Gasteiger partial charge in [0, 0.05) is 0 Å². The van der Waals surface area contributed by atoms with Gasteiger partial charge in [-0.05, 0) is 52.7 Å². The van der Waals surface area contributed by atoms with Crippen molar-refractivity contribution in [3.63, 3.8) is 0 Å². The van der Waals surface area contributed by atoms with Gasteiger partial charge in [-0.15, -0.1) is 0 Å². The zero-order valence-electron chi connectivity index (χ0n) is 16.9. The van der Waals surface area contributed by atoms with Crippen LogP contribution in [0.1, 0.15) is 21.7 Å². The lowest BCUT2D eigenvalue weighted by Crippen LogP contribution is -2.23. The van der Waals surface area contributed by atoms with Gasteiger partial charge in [0.05, 0.1) is 18.4 Å². The van der Waals surface area contributed by atoms with E-state index in [2.05, 4.69) is 5.32 Å². The first-order valence-electron chi connectivity index (χ1n) is 9.86. The van der Waals surface area contributed by atoms with Gasteiger partial charge in [0.25, 0.3) is 5.91 Å². The van der Waals surface area contributed by atoms with Gasteiger partial charge in [-0.2, -0.15) is 5.26 Å². The van der Waals surface area contributed by atoms with Crippen LogP contribution in [0.25, 0.3) is 16.8 Å². The van der Waals surface area contributed by atoms with Crippen LogP contribution >= 0.6 is 0 Å². The summed E-state index contributed by atoms with van der Waals surface area (Å²) in [6.45, 7) is 0.188. The van der Waals surface area contributed by atoms with E-state index in [0.717, 1.165) is 10.8 Å². The second kappa shape index (κ2) is 9.45. The molecule has 0 radical (unpaired) electrons. The monoisotopic (exact) mass is 422 g/mol. The van der Waals surface area contributed by atoms with Crippen LogP contribution in [-0.4, -0.2) is 11.9 Å². The molecule has 0 aliphatic rings. The van der Waals surface area contributed by atoms with Crippen molar-refractivity contribution in [1.82, 2.24) is 5.32 Å². The van der Waals surface area contributed by atoms with Crippen LogP contribution in [0.4, 0.5) is 0 Å². The molecule has 1 amide bonds. The zero-order valence-corrected chi connectivity index (χ0v) is 16.9. The number of nitrogens with one attached hydrogen (secondary N) is 1. The molecule has 0 atom stereocenters. The molecule has 1 aromatic heterocycles. The van der Waals surface area contributed by atoms with Crippen molar-refractivity contribution in [2.75, 3.05) is 0 Å². The molecule has 0 saturated heterocycles. The fourth-order valence-corrected chi connectivity index (χ4v) is 3.19. The minimum atomic E-state index is -0.504. The Kier molecular flexibility index (Phi) is 6.10. The van der Waals surface area contributed by atoms with Gasteiger partial charge < -0.3 is 14.5 Å². The van der Waals surface area contributed by atoms with Gasteiger partial charge in [0.15, 0.2) is 0 Å². The van der Waals surface area contributed by atoms with E-state index in [4.69, 9.17) is 9.15 Å². The Morgan fingerprint density at radius 1 is 0.969 bits per heavy atom. The fraction of sp³-hybridized carbons (Fsp3) is 0.0385. The van der Waals surface area contributed by atoms with Crippen LogP contribution in [0.15, 0.2) is 95.1 Å². The number of carbonyl (C=O) groups excluding carboxylic acids is 2. The van der Waals surface area contributed by atoms with Gasteiger partial charge in [-0.25, -0.2) is 4.79 Å². The molecule has 6 nitrogen and oxygen atoms in total. The highest BCUT2D eigenvalue weighted by molar-refractivity contribution is 6.05. The quantitative estimate of drug-likeness (QED) is 0.207. The van der Waals surface area contributed by atoms with E-state index in [9.17, 15) is 14.9 Å². The van der Waals surface area contributed by atoms with Gasteiger partial charge in [-0.1, -0.05) is 48.5 Å². The van der Waals surface area contributed by atoms with Crippen molar-refractivity contribution >= 4 is 28.7 Å². The van der Waals surface area contributed by atoms with Crippen LogP contribution in [0.2, 0.25) is 0 Å². The van der Waals surface area contributed by atoms with Crippen LogP contribution in [-0.2, 0) is 11.3 Å². The first-order valence-corrected chi connectivity index (χ1v) is 9.86. The van der Waals surface area contributed by atoms with Crippen LogP contribution in [0.5, 0.6) is 5.75 Å². The molecule has 0 unspecified atom stereocenters. The van der Waals surface area contributed by atoms with E-state index in [-0.39, 0.29) is 12.1 Å². The summed E-state index contributed by atoms with van der Waals surface area (Å²) >= 11 is 0. The molecule has 1 heterocycles. The number of hydrogen-bond acceptors (Lipinski definition) is 5. The molecule has 3 aromatic carbocycles. The van der Waals surface area contributed by atoms with Crippen LogP contribution in [0.3, 0.4) is 0 Å². The molecule has 1 N–H and O–H groups in total. The number of carbonyl (C=O) groups is 2. The number of rotatable bonds is 6. The van der Waals surface area contributed by atoms with Gasteiger partial charge >= 0.3 is 5.97 Å². The molecule has 6 heteroatoms. The SMILES string of the molecule is N#C/C(=C\c1ccc(OC(=O)c2cccc3ccccc23)cc1)C(=O)NCc1ccco1. The molecule has 32 heavy (non-hydrogen) atoms. The molecule has 0 saturated carbocycles. The third-order valence-corrected chi connectivity index (χ3v) is 4.78. The van der Waals surface area contributed by atoms with Crippen molar-refractivity contribution in [2.24, 2.45) is 0 Å².